The Bertz CT molecular complexity index is 669. The van der Waals surface area contributed by atoms with Crippen LogP contribution in [-0.2, 0) is 9.47 Å². The fourth-order valence-electron chi connectivity index (χ4n) is 1.88. The zero-order chi connectivity index (χ0) is 21.6. The van der Waals surface area contributed by atoms with Crippen LogP contribution in [0.15, 0.2) is 24.3 Å². The number of hydrogen-bond acceptors (Lipinski definition) is 4. The van der Waals surface area contributed by atoms with E-state index >= 15 is 0 Å². The Morgan fingerprint density at radius 2 is 1.29 bits per heavy atom. The molecule has 158 valence electrons. The Morgan fingerprint density at radius 1 is 0.821 bits per heavy atom. The first kappa shape index (κ1) is 23.7. The van der Waals surface area contributed by atoms with Crippen LogP contribution in [0, 0.1) is 0 Å². The number of alkyl halides is 7. The molecule has 0 saturated carbocycles. The molecule has 0 unspecified atom stereocenters. The zero-order valence-electron chi connectivity index (χ0n) is 14.6. The van der Waals surface area contributed by atoms with Gasteiger partial charge in [0.05, 0.1) is 17.7 Å². The van der Waals surface area contributed by atoms with E-state index in [0.717, 1.165) is 37.1 Å². The van der Waals surface area contributed by atoms with Crippen molar-refractivity contribution in [2.75, 3.05) is 13.2 Å². The highest BCUT2D eigenvalue weighted by Gasteiger charge is 2.73. The van der Waals surface area contributed by atoms with E-state index < -0.39 is 42.1 Å². The summed E-state index contributed by atoms with van der Waals surface area (Å²) in [5, 5.41) is 0. The van der Waals surface area contributed by atoms with Gasteiger partial charge >= 0.3 is 30.0 Å². The van der Waals surface area contributed by atoms with Crippen molar-refractivity contribution >= 4 is 11.9 Å². The van der Waals surface area contributed by atoms with Gasteiger partial charge < -0.3 is 9.47 Å². The number of carbonyl (C=O) groups is 2. The fourth-order valence-corrected chi connectivity index (χ4v) is 1.88. The predicted molar refractivity (Wildman–Crippen MR) is 82.5 cm³/mol. The first-order valence-electron chi connectivity index (χ1n) is 8.10. The fraction of sp³-hybridized carbons (Fsp3) is 0.529. The van der Waals surface area contributed by atoms with Crippen LogP contribution in [-0.4, -0.2) is 43.2 Å². The molecule has 1 rings (SSSR count). The standard InChI is InChI=1S/C17H17F7O4/c1-2-3-4-9-27-13(25)11-5-7-12(8-6-11)14(26)28-10-15(18,19)16(20,21)17(22,23)24/h5-8H,2-4,9-10H2,1H3. The third kappa shape index (κ3) is 5.83. The number of esters is 2. The van der Waals surface area contributed by atoms with E-state index in [-0.39, 0.29) is 12.2 Å². The maximum atomic E-state index is 13.1. The molecular weight excluding hydrogens is 401 g/mol. The molecule has 0 fully saturated rings. The van der Waals surface area contributed by atoms with Crippen LogP contribution in [0.2, 0.25) is 0 Å². The lowest BCUT2D eigenvalue weighted by molar-refractivity contribution is -0.359. The maximum absolute atomic E-state index is 13.1. The van der Waals surface area contributed by atoms with Gasteiger partial charge in [-0.1, -0.05) is 19.8 Å². The Morgan fingerprint density at radius 3 is 1.71 bits per heavy atom. The first-order valence-corrected chi connectivity index (χ1v) is 8.10. The second-order valence-electron chi connectivity index (χ2n) is 5.77. The van der Waals surface area contributed by atoms with Gasteiger partial charge in [-0.05, 0) is 30.7 Å². The monoisotopic (exact) mass is 418 g/mol. The lowest BCUT2D eigenvalue weighted by Crippen LogP contribution is -2.54. The molecule has 0 radical (unpaired) electrons. The number of halogens is 7. The van der Waals surface area contributed by atoms with Gasteiger partial charge in [-0.15, -0.1) is 0 Å². The topological polar surface area (TPSA) is 52.6 Å². The average Bonchev–Trinajstić information content (AvgIpc) is 2.62. The minimum Gasteiger partial charge on any atom is -0.462 e. The summed E-state index contributed by atoms with van der Waals surface area (Å²) in [6, 6.07) is 4.12. The molecule has 0 bridgehead atoms. The molecule has 0 spiro atoms. The molecule has 0 aliphatic carbocycles. The van der Waals surface area contributed by atoms with Crippen LogP contribution in [0.5, 0.6) is 0 Å². The van der Waals surface area contributed by atoms with Crippen LogP contribution in [0.1, 0.15) is 46.9 Å². The molecule has 1 aromatic carbocycles. The van der Waals surface area contributed by atoms with Crippen molar-refractivity contribution in [3.8, 4) is 0 Å². The molecule has 0 N–H and O–H groups in total. The number of benzene rings is 1. The number of hydrogen-bond donors (Lipinski definition) is 0. The molecule has 0 aliphatic heterocycles. The lowest BCUT2D eigenvalue weighted by Gasteiger charge is -2.27. The summed E-state index contributed by atoms with van der Waals surface area (Å²) in [6.45, 7) is -0.335. The van der Waals surface area contributed by atoms with Crippen molar-refractivity contribution in [1.82, 2.24) is 0 Å². The largest absolute Gasteiger partial charge is 0.462 e. The molecule has 0 heterocycles. The van der Waals surface area contributed by atoms with Crippen molar-refractivity contribution in [2.24, 2.45) is 0 Å². The van der Waals surface area contributed by atoms with Gasteiger partial charge in [-0.2, -0.15) is 30.7 Å². The van der Waals surface area contributed by atoms with Crippen LogP contribution in [0.25, 0.3) is 0 Å². The summed E-state index contributed by atoms with van der Waals surface area (Å²) in [6.07, 6.45) is -4.08. The molecule has 0 aliphatic rings. The average molecular weight is 418 g/mol. The van der Waals surface area contributed by atoms with Crippen molar-refractivity contribution < 1.29 is 49.8 Å². The summed E-state index contributed by atoms with van der Waals surface area (Å²) >= 11 is 0. The van der Waals surface area contributed by atoms with Crippen LogP contribution >= 0.6 is 0 Å². The minimum atomic E-state index is -6.51. The molecule has 0 atom stereocenters. The number of unbranched alkanes of at least 4 members (excludes halogenated alkanes) is 2. The van der Waals surface area contributed by atoms with Gasteiger partial charge in [-0.3, -0.25) is 0 Å². The Balaban J connectivity index is 2.67. The van der Waals surface area contributed by atoms with Gasteiger partial charge in [0.2, 0.25) is 0 Å². The second kappa shape index (κ2) is 9.24. The highest BCUT2D eigenvalue weighted by atomic mass is 19.4. The van der Waals surface area contributed by atoms with Crippen LogP contribution < -0.4 is 0 Å². The van der Waals surface area contributed by atoms with E-state index in [1.54, 1.807) is 0 Å². The number of carbonyl (C=O) groups excluding carboxylic acids is 2. The van der Waals surface area contributed by atoms with E-state index in [2.05, 4.69) is 4.74 Å². The highest BCUT2D eigenvalue weighted by molar-refractivity contribution is 5.93. The van der Waals surface area contributed by atoms with E-state index in [4.69, 9.17) is 4.74 Å². The van der Waals surface area contributed by atoms with Gasteiger partial charge in [0.15, 0.2) is 6.61 Å². The molecule has 28 heavy (non-hydrogen) atoms. The van der Waals surface area contributed by atoms with E-state index in [1.807, 2.05) is 6.92 Å². The third-order valence-corrected chi connectivity index (χ3v) is 3.54. The van der Waals surface area contributed by atoms with Gasteiger partial charge in [0.25, 0.3) is 0 Å². The Labute approximate surface area is 155 Å². The summed E-state index contributed by atoms with van der Waals surface area (Å²) in [5.74, 6) is -14.3. The summed E-state index contributed by atoms with van der Waals surface area (Å²) in [4.78, 5) is 23.3. The quantitative estimate of drug-likeness (QED) is 0.321. The summed E-state index contributed by atoms with van der Waals surface area (Å²) < 4.78 is 96.6. The van der Waals surface area contributed by atoms with Crippen molar-refractivity contribution in [3.63, 3.8) is 0 Å². The van der Waals surface area contributed by atoms with E-state index in [1.165, 1.54) is 0 Å². The second-order valence-corrected chi connectivity index (χ2v) is 5.77. The normalized spacial score (nSPS) is 12.6. The van der Waals surface area contributed by atoms with Crippen molar-refractivity contribution in [3.05, 3.63) is 35.4 Å². The zero-order valence-corrected chi connectivity index (χ0v) is 14.6. The maximum Gasteiger partial charge on any atom is 0.460 e. The Kier molecular flexibility index (Phi) is 7.83. The summed E-state index contributed by atoms with van der Waals surface area (Å²) in [7, 11) is 0. The lowest BCUT2D eigenvalue weighted by atomic mass is 10.1. The molecule has 0 amide bonds. The van der Waals surface area contributed by atoms with Crippen LogP contribution in [0.3, 0.4) is 0 Å². The molecule has 11 heteroatoms. The molecule has 4 nitrogen and oxygen atoms in total. The number of rotatable bonds is 9. The molecule has 0 saturated heterocycles. The predicted octanol–water partition coefficient (Wildman–Crippen LogP) is 5.02. The van der Waals surface area contributed by atoms with E-state index in [9.17, 15) is 40.3 Å². The number of ether oxygens (including phenoxy) is 2. The molecule has 1 aromatic rings. The summed E-state index contributed by atoms with van der Waals surface area (Å²) in [5.41, 5.74) is -0.393. The van der Waals surface area contributed by atoms with Gasteiger partial charge in [0, 0.05) is 0 Å². The van der Waals surface area contributed by atoms with Gasteiger partial charge in [-0.25, -0.2) is 9.59 Å². The molecule has 0 aromatic heterocycles. The van der Waals surface area contributed by atoms with Crippen molar-refractivity contribution in [2.45, 2.75) is 44.2 Å². The van der Waals surface area contributed by atoms with Crippen LogP contribution in [0.4, 0.5) is 30.7 Å². The highest BCUT2D eigenvalue weighted by Crippen LogP contribution is 2.46. The molecular formula is C17H17F7O4. The Hall–Kier alpha value is -2.33. The minimum absolute atomic E-state index is 0.0296. The third-order valence-electron chi connectivity index (χ3n) is 3.54. The van der Waals surface area contributed by atoms with E-state index in [0.29, 0.717) is 6.42 Å². The van der Waals surface area contributed by atoms with Crippen molar-refractivity contribution in [1.29, 1.82) is 0 Å². The van der Waals surface area contributed by atoms with Gasteiger partial charge in [0.1, 0.15) is 0 Å². The first-order chi connectivity index (χ1) is 12.8. The SMILES string of the molecule is CCCCCOC(=O)c1ccc(C(=O)OCC(F)(F)C(F)(F)C(F)(F)F)cc1. The smallest absolute Gasteiger partial charge is 0.460 e.